The Labute approximate surface area is 78.0 Å². The molecule has 0 bridgehead atoms. The smallest absolute Gasteiger partial charge is 0.103 e. The first kappa shape index (κ1) is 8.31. The lowest BCUT2D eigenvalue weighted by molar-refractivity contribution is 0.284. The minimum atomic E-state index is 0.556. The maximum atomic E-state index is 8.88. The highest BCUT2D eigenvalue weighted by Gasteiger charge is 2.23. The Kier molecular flexibility index (Phi) is 1.84. The van der Waals surface area contributed by atoms with E-state index in [1.54, 1.807) is 0 Å². The number of aryl methyl sites for hydroxylation is 1. The van der Waals surface area contributed by atoms with Gasteiger partial charge in [-0.3, -0.25) is 4.68 Å². The maximum Gasteiger partial charge on any atom is 0.103 e. The Morgan fingerprint density at radius 1 is 1.46 bits per heavy atom. The summed E-state index contributed by atoms with van der Waals surface area (Å²) in [6.07, 6.45) is 3.73. The summed E-state index contributed by atoms with van der Waals surface area (Å²) < 4.78 is 2.03. The second-order valence-electron chi connectivity index (χ2n) is 3.69. The van der Waals surface area contributed by atoms with Gasteiger partial charge < -0.3 is 0 Å². The van der Waals surface area contributed by atoms with E-state index in [4.69, 9.17) is 5.26 Å². The van der Waals surface area contributed by atoms with Gasteiger partial charge >= 0.3 is 0 Å². The van der Waals surface area contributed by atoms with Crippen molar-refractivity contribution in [2.24, 2.45) is 0 Å². The number of hydrogen-bond acceptors (Lipinski definition) is 2. The van der Waals surface area contributed by atoms with Crippen LogP contribution in [0.1, 0.15) is 42.3 Å². The van der Waals surface area contributed by atoms with Gasteiger partial charge in [-0.1, -0.05) is 0 Å². The van der Waals surface area contributed by atoms with Gasteiger partial charge in [0.2, 0.25) is 0 Å². The van der Waals surface area contributed by atoms with Crippen LogP contribution in [-0.4, -0.2) is 9.78 Å². The maximum absolute atomic E-state index is 8.88. The van der Waals surface area contributed by atoms with Crippen LogP contribution in [0.4, 0.5) is 0 Å². The van der Waals surface area contributed by atoms with Crippen LogP contribution in [0.3, 0.4) is 0 Å². The largest absolute Gasteiger partial charge is 0.265 e. The molecule has 1 aromatic heterocycles. The normalized spacial score (nSPS) is 16.7. The third-order valence-electron chi connectivity index (χ3n) is 2.86. The molecule has 0 amide bonds. The lowest BCUT2D eigenvalue weighted by Gasteiger charge is -2.26. The van der Waals surface area contributed by atoms with Crippen molar-refractivity contribution in [2.45, 2.75) is 39.2 Å². The predicted octanol–water partition coefficient (Wildman–Crippen LogP) is 2.10. The van der Waals surface area contributed by atoms with Gasteiger partial charge in [0.15, 0.2) is 0 Å². The Morgan fingerprint density at radius 2 is 2.15 bits per heavy atom. The average Bonchev–Trinajstić information content (AvgIpc) is 2.25. The summed E-state index contributed by atoms with van der Waals surface area (Å²) in [5.41, 5.74) is 2.66. The molecule has 0 spiro atoms. The first-order valence-electron chi connectivity index (χ1n) is 4.70. The van der Waals surface area contributed by atoms with Crippen molar-refractivity contribution in [1.29, 1.82) is 5.26 Å². The van der Waals surface area contributed by atoms with E-state index in [1.165, 1.54) is 19.3 Å². The van der Waals surface area contributed by atoms with E-state index >= 15 is 0 Å². The Hall–Kier alpha value is -1.30. The molecule has 1 aromatic rings. The molecule has 0 N–H and O–H groups in total. The molecule has 0 saturated heterocycles. The number of rotatable bonds is 1. The third kappa shape index (κ3) is 1.14. The van der Waals surface area contributed by atoms with Crippen LogP contribution in [-0.2, 0) is 0 Å². The van der Waals surface area contributed by atoms with Gasteiger partial charge in [0.05, 0.1) is 23.0 Å². The van der Waals surface area contributed by atoms with Gasteiger partial charge in [-0.15, -0.1) is 0 Å². The summed E-state index contributed by atoms with van der Waals surface area (Å²) in [6.45, 7) is 3.89. The van der Waals surface area contributed by atoms with E-state index in [2.05, 4.69) is 11.2 Å². The Balaban J connectivity index is 2.42. The summed E-state index contributed by atoms with van der Waals surface area (Å²) >= 11 is 0. The van der Waals surface area contributed by atoms with Crippen molar-refractivity contribution in [3.05, 3.63) is 17.0 Å². The first-order chi connectivity index (χ1) is 6.24. The first-order valence-corrected chi connectivity index (χ1v) is 4.70. The average molecular weight is 175 g/mol. The van der Waals surface area contributed by atoms with Gasteiger partial charge in [-0.05, 0) is 33.1 Å². The molecular formula is C10H13N3. The molecule has 0 aliphatic heterocycles. The van der Waals surface area contributed by atoms with E-state index < -0.39 is 0 Å². The fourth-order valence-corrected chi connectivity index (χ4v) is 1.81. The summed E-state index contributed by atoms with van der Waals surface area (Å²) in [5, 5.41) is 13.3. The molecule has 3 nitrogen and oxygen atoms in total. The standard InChI is InChI=1S/C10H13N3/c1-7-10(6-11)8(2)13(12-7)9-4-3-5-9/h9H,3-5H2,1-2H3. The molecule has 0 aromatic carbocycles. The quantitative estimate of drug-likeness (QED) is 0.655. The van der Waals surface area contributed by atoms with Crippen molar-refractivity contribution in [1.82, 2.24) is 9.78 Å². The Bertz CT molecular complexity index is 366. The summed E-state index contributed by atoms with van der Waals surface area (Å²) in [6, 6.07) is 2.76. The summed E-state index contributed by atoms with van der Waals surface area (Å²) in [5.74, 6) is 0. The highest BCUT2D eigenvalue weighted by atomic mass is 15.3. The van der Waals surface area contributed by atoms with Crippen LogP contribution in [0.15, 0.2) is 0 Å². The molecule has 0 unspecified atom stereocenters. The molecule has 3 heteroatoms. The third-order valence-corrected chi connectivity index (χ3v) is 2.86. The minimum Gasteiger partial charge on any atom is -0.265 e. The molecule has 1 heterocycles. The molecule has 1 saturated carbocycles. The fraction of sp³-hybridized carbons (Fsp3) is 0.600. The monoisotopic (exact) mass is 175 g/mol. The second kappa shape index (κ2) is 2.88. The van der Waals surface area contributed by atoms with Crippen LogP contribution >= 0.6 is 0 Å². The number of nitriles is 1. The van der Waals surface area contributed by atoms with Gasteiger partial charge in [0.25, 0.3) is 0 Å². The SMILES string of the molecule is Cc1nn(C2CCC2)c(C)c1C#N. The summed E-state index contributed by atoms with van der Waals surface area (Å²) in [7, 11) is 0. The van der Waals surface area contributed by atoms with Crippen molar-refractivity contribution in [3.8, 4) is 6.07 Å². The zero-order chi connectivity index (χ0) is 9.42. The summed E-state index contributed by atoms with van der Waals surface area (Å²) in [4.78, 5) is 0. The van der Waals surface area contributed by atoms with Gasteiger partial charge in [0, 0.05) is 0 Å². The zero-order valence-electron chi connectivity index (χ0n) is 8.04. The molecule has 2 rings (SSSR count). The number of aromatic nitrogens is 2. The van der Waals surface area contributed by atoms with Crippen molar-refractivity contribution in [2.75, 3.05) is 0 Å². The van der Waals surface area contributed by atoms with E-state index in [0.29, 0.717) is 6.04 Å². The van der Waals surface area contributed by atoms with E-state index in [9.17, 15) is 0 Å². The molecule has 0 radical (unpaired) electrons. The van der Waals surface area contributed by atoms with Crippen LogP contribution < -0.4 is 0 Å². The van der Waals surface area contributed by atoms with Gasteiger partial charge in [-0.2, -0.15) is 10.4 Å². The topological polar surface area (TPSA) is 41.6 Å². The molecule has 1 aliphatic carbocycles. The van der Waals surface area contributed by atoms with E-state index in [0.717, 1.165) is 17.0 Å². The fourth-order valence-electron chi connectivity index (χ4n) is 1.81. The lowest BCUT2D eigenvalue weighted by atomic mass is 9.93. The lowest BCUT2D eigenvalue weighted by Crippen LogP contribution is -2.19. The molecule has 68 valence electrons. The van der Waals surface area contributed by atoms with E-state index in [-0.39, 0.29) is 0 Å². The van der Waals surface area contributed by atoms with Crippen molar-refractivity contribution < 1.29 is 0 Å². The molecule has 13 heavy (non-hydrogen) atoms. The minimum absolute atomic E-state index is 0.556. The zero-order valence-corrected chi connectivity index (χ0v) is 8.04. The molecule has 0 atom stereocenters. The van der Waals surface area contributed by atoms with Crippen molar-refractivity contribution in [3.63, 3.8) is 0 Å². The van der Waals surface area contributed by atoms with Crippen LogP contribution in [0.25, 0.3) is 0 Å². The second-order valence-corrected chi connectivity index (χ2v) is 3.69. The highest BCUT2D eigenvalue weighted by Crippen LogP contribution is 2.32. The van der Waals surface area contributed by atoms with Crippen LogP contribution in [0, 0.1) is 25.2 Å². The molecule has 1 aliphatic rings. The predicted molar refractivity (Wildman–Crippen MR) is 49.3 cm³/mol. The molecular weight excluding hydrogens is 162 g/mol. The van der Waals surface area contributed by atoms with E-state index in [1.807, 2.05) is 18.5 Å². The Morgan fingerprint density at radius 3 is 2.54 bits per heavy atom. The van der Waals surface area contributed by atoms with Crippen LogP contribution in [0.5, 0.6) is 0 Å². The number of nitrogens with zero attached hydrogens (tertiary/aromatic N) is 3. The van der Waals surface area contributed by atoms with Gasteiger partial charge in [-0.25, -0.2) is 0 Å². The molecule has 1 fully saturated rings. The highest BCUT2D eigenvalue weighted by molar-refractivity contribution is 5.37. The van der Waals surface area contributed by atoms with Crippen molar-refractivity contribution >= 4 is 0 Å². The number of hydrogen-bond donors (Lipinski definition) is 0. The van der Waals surface area contributed by atoms with Crippen LogP contribution in [0.2, 0.25) is 0 Å². The van der Waals surface area contributed by atoms with Gasteiger partial charge in [0.1, 0.15) is 6.07 Å².